The second-order valence-corrected chi connectivity index (χ2v) is 11.9. The molecular formula is C25H30F2N8O3S. The first-order chi connectivity index (χ1) is 18.4. The maximum atomic E-state index is 15.1. The van der Waals surface area contributed by atoms with Crippen LogP contribution >= 0.6 is 0 Å². The van der Waals surface area contributed by atoms with Gasteiger partial charge in [-0.25, -0.2) is 26.6 Å². The molecule has 1 fully saturated rings. The van der Waals surface area contributed by atoms with E-state index in [0.717, 1.165) is 48.2 Å². The molecule has 11 nitrogen and oxygen atoms in total. The monoisotopic (exact) mass is 560 g/mol. The van der Waals surface area contributed by atoms with Crippen molar-refractivity contribution in [3.8, 4) is 0 Å². The number of sulfone groups is 1. The standard InChI is InChI=1S/C25H30F2N8O3S/c1-14(2)34-24-17(13-28-34)23(29-20-10-15(3)35(32-20)21-8-6-7-9-38-21)30-25(31-24)33(4)22-18(26)11-16(12-19(22)27)39(5,36)37/h10-14,21H,6-9H2,1-5H3,(H,29,30,31,32). The number of rotatable bonds is 7. The van der Waals surface area contributed by atoms with Crippen molar-refractivity contribution in [2.45, 2.75) is 57.2 Å². The molecular weight excluding hydrogens is 530 g/mol. The van der Waals surface area contributed by atoms with Gasteiger partial charge >= 0.3 is 0 Å². The fourth-order valence-corrected chi connectivity index (χ4v) is 5.23. The fraction of sp³-hybridized carbons (Fsp3) is 0.440. The van der Waals surface area contributed by atoms with E-state index in [1.807, 2.05) is 31.5 Å². The van der Waals surface area contributed by atoms with Gasteiger partial charge in [0.1, 0.15) is 11.5 Å². The molecule has 1 N–H and O–H groups in total. The zero-order valence-electron chi connectivity index (χ0n) is 22.3. The van der Waals surface area contributed by atoms with Crippen molar-refractivity contribution in [2.24, 2.45) is 0 Å². The number of aromatic nitrogens is 6. The van der Waals surface area contributed by atoms with Crippen molar-refractivity contribution < 1.29 is 21.9 Å². The van der Waals surface area contributed by atoms with E-state index in [1.165, 1.54) is 7.05 Å². The van der Waals surface area contributed by atoms with Crippen LogP contribution in [-0.4, -0.2) is 57.9 Å². The molecule has 0 radical (unpaired) electrons. The Hall–Kier alpha value is -3.65. The molecule has 3 aromatic heterocycles. The van der Waals surface area contributed by atoms with Gasteiger partial charge in [-0.05, 0) is 52.2 Å². The van der Waals surface area contributed by atoms with Gasteiger partial charge in [-0.3, -0.25) is 0 Å². The minimum Gasteiger partial charge on any atom is -0.357 e. The maximum Gasteiger partial charge on any atom is 0.233 e. The molecule has 1 aliphatic rings. The van der Waals surface area contributed by atoms with Gasteiger partial charge in [0.25, 0.3) is 0 Å². The molecule has 208 valence electrons. The lowest BCUT2D eigenvalue weighted by molar-refractivity contribution is -0.0404. The number of halogens is 2. The molecule has 1 atom stereocenters. The molecule has 0 saturated carbocycles. The molecule has 1 aromatic carbocycles. The van der Waals surface area contributed by atoms with Crippen LogP contribution in [0.5, 0.6) is 0 Å². The Morgan fingerprint density at radius 1 is 1.15 bits per heavy atom. The smallest absolute Gasteiger partial charge is 0.233 e. The Balaban J connectivity index is 1.58. The average Bonchev–Trinajstić information content (AvgIpc) is 3.47. The number of fused-ring (bicyclic) bond motifs is 1. The Bertz CT molecular complexity index is 1620. The summed E-state index contributed by atoms with van der Waals surface area (Å²) in [5.41, 5.74) is 0.864. The molecule has 39 heavy (non-hydrogen) atoms. The summed E-state index contributed by atoms with van der Waals surface area (Å²) < 4.78 is 63.2. The summed E-state index contributed by atoms with van der Waals surface area (Å²) >= 11 is 0. The zero-order chi connectivity index (χ0) is 28.1. The predicted molar refractivity (Wildman–Crippen MR) is 142 cm³/mol. The molecule has 0 amide bonds. The van der Waals surface area contributed by atoms with Gasteiger partial charge in [0, 0.05) is 37.7 Å². The lowest BCUT2D eigenvalue weighted by atomic mass is 10.2. The first-order valence-electron chi connectivity index (χ1n) is 12.6. The van der Waals surface area contributed by atoms with Crippen LogP contribution in [0.15, 0.2) is 29.3 Å². The SMILES string of the molecule is Cc1cc(Nc2nc(N(C)c3c(F)cc(S(C)(=O)=O)cc3F)nc3c2cnn3C(C)C)nn1C1CCCCO1. The second-order valence-electron chi connectivity index (χ2n) is 9.92. The van der Waals surface area contributed by atoms with Crippen molar-refractivity contribution in [1.82, 2.24) is 29.5 Å². The summed E-state index contributed by atoms with van der Waals surface area (Å²) in [7, 11) is -2.41. The van der Waals surface area contributed by atoms with Crippen LogP contribution in [0.1, 0.15) is 51.1 Å². The Labute approximate surface area is 224 Å². The van der Waals surface area contributed by atoms with E-state index in [9.17, 15) is 8.42 Å². The highest BCUT2D eigenvalue weighted by atomic mass is 32.2. The Morgan fingerprint density at radius 3 is 2.49 bits per heavy atom. The van der Waals surface area contributed by atoms with E-state index in [-0.39, 0.29) is 18.2 Å². The third kappa shape index (κ3) is 5.17. The molecule has 0 bridgehead atoms. The number of nitrogens with one attached hydrogen (secondary N) is 1. The topological polar surface area (TPSA) is 120 Å². The highest BCUT2D eigenvalue weighted by Gasteiger charge is 2.25. The van der Waals surface area contributed by atoms with Crippen LogP contribution in [-0.2, 0) is 14.6 Å². The van der Waals surface area contributed by atoms with Crippen molar-refractivity contribution in [3.63, 3.8) is 0 Å². The number of nitrogens with zero attached hydrogens (tertiary/aromatic N) is 7. The summed E-state index contributed by atoms with van der Waals surface area (Å²) in [6.07, 6.45) is 5.31. The van der Waals surface area contributed by atoms with Crippen LogP contribution in [0.25, 0.3) is 11.0 Å². The number of anilines is 4. The summed E-state index contributed by atoms with van der Waals surface area (Å²) in [4.78, 5) is 9.81. The summed E-state index contributed by atoms with van der Waals surface area (Å²) in [6.45, 7) is 6.49. The minimum absolute atomic E-state index is 0.0240. The summed E-state index contributed by atoms with van der Waals surface area (Å²) in [5, 5.41) is 12.9. The van der Waals surface area contributed by atoms with Gasteiger partial charge in [-0.2, -0.15) is 20.2 Å². The Kier molecular flexibility index (Phi) is 7.01. The van der Waals surface area contributed by atoms with Crippen LogP contribution < -0.4 is 10.2 Å². The van der Waals surface area contributed by atoms with E-state index in [2.05, 4.69) is 25.5 Å². The number of ether oxygens (including phenoxy) is 1. The highest BCUT2D eigenvalue weighted by molar-refractivity contribution is 7.90. The number of benzene rings is 1. The predicted octanol–water partition coefficient (Wildman–Crippen LogP) is 4.80. The van der Waals surface area contributed by atoms with Crippen LogP contribution in [0, 0.1) is 18.6 Å². The van der Waals surface area contributed by atoms with Gasteiger partial charge in [0.2, 0.25) is 5.95 Å². The summed E-state index contributed by atoms with van der Waals surface area (Å²) in [5.74, 6) is -1.28. The molecule has 4 aromatic rings. The van der Waals surface area contributed by atoms with E-state index in [4.69, 9.17) is 4.74 Å². The largest absolute Gasteiger partial charge is 0.357 e. The molecule has 1 unspecified atom stereocenters. The van der Waals surface area contributed by atoms with Gasteiger partial charge < -0.3 is 15.0 Å². The van der Waals surface area contributed by atoms with Gasteiger partial charge in [0.15, 0.2) is 39.2 Å². The summed E-state index contributed by atoms with van der Waals surface area (Å²) in [6, 6.07) is 3.37. The quantitative estimate of drug-likeness (QED) is 0.340. The molecule has 5 rings (SSSR count). The van der Waals surface area contributed by atoms with Crippen molar-refractivity contribution in [1.29, 1.82) is 0 Å². The minimum atomic E-state index is -3.81. The maximum absolute atomic E-state index is 15.1. The zero-order valence-corrected chi connectivity index (χ0v) is 23.1. The first-order valence-corrected chi connectivity index (χ1v) is 14.5. The van der Waals surface area contributed by atoms with E-state index >= 15 is 8.78 Å². The van der Waals surface area contributed by atoms with Crippen LogP contribution in [0.2, 0.25) is 0 Å². The molecule has 1 aliphatic heterocycles. The van der Waals surface area contributed by atoms with Crippen molar-refractivity contribution >= 4 is 44.1 Å². The van der Waals surface area contributed by atoms with Gasteiger partial charge in [-0.15, -0.1) is 0 Å². The van der Waals surface area contributed by atoms with E-state index < -0.39 is 32.1 Å². The third-order valence-electron chi connectivity index (χ3n) is 6.58. The van der Waals surface area contributed by atoms with E-state index in [1.54, 1.807) is 10.9 Å². The Morgan fingerprint density at radius 2 is 1.87 bits per heavy atom. The fourth-order valence-electron chi connectivity index (χ4n) is 4.59. The van der Waals surface area contributed by atoms with Gasteiger partial charge in [0.05, 0.1) is 16.5 Å². The second kappa shape index (κ2) is 10.2. The van der Waals surface area contributed by atoms with E-state index in [0.29, 0.717) is 29.3 Å². The molecule has 14 heteroatoms. The third-order valence-corrected chi connectivity index (χ3v) is 7.67. The lowest BCUT2D eigenvalue weighted by Crippen LogP contribution is -2.20. The van der Waals surface area contributed by atoms with Crippen molar-refractivity contribution in [2.75, 3.05) is 30.1 Å². The lowest BCUT2D eigenvalue weighted by Gasteiger charge is -2.23. The molecule has 1 saturated heterocycles. The average molecular weight is 561 g/mol. The molecule has 4 heterocycles. The van der Waals surface area contributed by atoms with Crippen LogP contribution in [0.4, 0.5) is 32.1 Å². The molecule has 0 spiro atoms. The first kappa shape index (κ1) is 26.9. The molecule has 0 aliphatic carbocycles. The van der Waals surface area contributed by atoms with Crippen LogP contribution in [0.3, 0.4) is 0 Å². The number of aryl methyl sites for hydroxylation is 1. The number of hydrogen-bond donors (Lipinski definition) is 1. The normalized spacial score (nSPS) is 16.3. The number of hydrogen-bond acceptors (Lipinski definition) is 9. The van der Waals surface area contributed by atoms with Crippen molar-refractivity contribution in [3.05, 3.63) is 41.7 Å². The van der Waals surface area contributed by atoms with Gasteiger partial charge in [-0.1, -0.05) is 0 Å². The highest BCUT2D eigenvalue weighted by Crippen LogP contribution is 2.34.